The number of carbonyl (C=O) groups is 1. The van der Waals surface area contributed by atoms with Crippen LogP contribution in [0.5, 0.6) is 5.75 Å². The predicted molar refractivity (Wildman–Crippen MR) is 140 cm³/mol. The third-order valence-corrected chi connectivity index (χ3v) is 7.08. The first-order valence-electron chi connectivity index (χ1n) is 11.5. The summed E-state index contributed by atoms with van der Waals surface area (Å²) >= 11 is 1.30. The summed E-state index contributed by atoms with van der Waals surface area (Å²) in [6.07, 6.45) is 0. The normalized spacial score (nSPS) is 13.7. The lowest BCUT2D eigenvalue weighted by molar-refractivity contribution is -0.128. The Bertz CT molecular complexity index is 1380. The molecule has 2 heterocycles. The van der Waals surface area contributed by atoms with Gasteiger partial charge in [0.1, 0.15) is 5.75 Å². The van der Waals surface area contributed by atoms with Crippen molar-refractivity contribution < 1.29 is 9.53 Å². The second kappa shape index (κ2) is 10.2. The zero-order valence-electron chi connectivity index (χ0n) is 19.5. The van der Waals surface area contributed by atoms with E-state index in [2.05, 4.69) is 17.0 Å². The third kappa shape index (κ3) is 4.88. The predicted octanol–water partition coefficient (Wildman–Crippen LogP) is 3.84. The molecule has 0 atom stereocenters. The van der Waals surface area contributed by atoms with E-state index < -0.39 is 0 Å². The molecule has 0 saturated carbocycles. The number of hydrogen-bond donors (Lipinski definition) is 0. The molecular weight excluding hydrogens is 460 g/mol. The van der Waals surface area contributed by atoms with Crippen LogP contribution in [-0.2, 0) is 4.79 Å². The summed E-state index contributed by atoms with van der Waals surface area (Å²) in [7, 11) is 1.60. The Morgan fingerprint density at radius 3 is 2.29 bits per heavy atom. The first kappa shape index (κ1) is 23.0. The van der Waals surface area contributed by atoms with Crippen molar-refractivity contribution in [1.82, 2.24) is 14.5 Å². The number of thioether (sulfide) groups is 1. The maximum Gasteiger partial charge on any atom is 0.266 e. The van der Waals surface area contributed by atoms with Crippen molar-refractivity contribution in [2.24, 2.45) is 0 Å². The summed E-state index contributed by atoms with van der Waals surface area (Å²) in [5.41, 5.74) is 2.32. The van der Waals surface area contributed by atoms with Crippen molar-refractivity contribution in [1.29, 1.82) is 0 Å². The topological polar surface area (TPSA) is 67.7 Å². The summed E-state index contributed by atoms with van der Waals surface area (Å²) in [4.78, 5) is 35.4. The van der Waals surface area contributed by atoms with Gasteiger partial charge in [0.25, 0.3) is 5.56 Å². The van der Waals surface area contributed by atoms with E-state index in [1.54, 1.807) is 17.7 Å². The van der Waals surface area contributed by atoms with Crippen LogP contribution in [-0.4, -0.2) is 59.4 Å². The van der Waals surface area contributed by atoms with E-state index >= 15 is 0 Å². The van der Waals surface area contributed by atoms with E-state index in [-0.39, 0.29) is 17.2 Å². The monoisotopic (exact) mass is 486 g/mol. The highest BCUT2D eigenvalue weighted by molar-refractivity contribution is 7.99. The number of piperazine rings is 1. The van der Waals surface area contributed by atoms with Crippen LogP contribution in [0.3, 0.4) is 0 Å². The number of aromatic nitrogens is 2. The van der Waals surface area contributed by atoms with Crippen molar-refractivity contribution in [3.8, 4) is 11.4 Å². The van der Waals surface area contributed by atoms with Crippen LogP contribution in [0.25, 0.3) is 16.6 Å². The summed E-state index contributed by atoms with van der Waals surface area (Å²) in [5.74, 6) is 0.965. The Morgan fingerprint density at radius 1 is 0.886 bits per heavy atom. The van der Waals surface area contributed by atoms with E-state index in [0.717, 1.165) is 13.1 Å². The molecule has 0 aliphatic carbocycles. The minimum Gasteiger partial charge on any atom is -0.497 e. The molecule has 178 valence electrons. The molecule has 5 rings (SSSR count). The second-order valence-corrected chi connectivity index (χ2v) is 9.18. The van der Waals surface area contributed by atoms with Crippen LogP contribution in [0.15, 0.2) is 88.8 Å². The number of fused-ring (bicyclic) bond motifs is 1. The minimum absolute atomic E-state index is 0.0476. The molecule has 1 aromatic heterocycles. The van der Waals surface area contributed by atoms with Gasteiger partial charge in [0, 0.05) is 31.9 Å². The molecule has 0 N–H and O–H groups in total. The molecule has 3 aromatic carbocycles. The van der Waals surface area contributed by atoms with Crippen LogP contribution in [0.1, 0.15) is 0 Å². The molecule has 1 fully saturated rings. The van der Waals surface area contributed by atoms with Gasteiger partial charge < -0.3 is 14.5 Å². The number of para-hydroxylation sites is 2. The highest BCUT2D eigenvalue weighted by atomic mass is 32.2. The van der Waals surface area contributed by atoms with Crippen LogP contribution in [0.2, 0.25) is 0 Å². The Hall–Kier alpha value is -3.78. The molecular formula is C27H26N4O3S. The quantitative estimate of drug-likeness (QED) is 0.305. The molecule has 8 heteroatoms. The summed E-state index contributed by atoms with van der Waals surface area (Å²) < 4.78 is 6.83. The molecule has 35 heavy (non-hydrogen) atoms. The number of rotatable bonds is 6. The van der Waals surface area contributed by atoms with E-state index in [0.29, 0.717) is 40.6 Å². The average Bonchev–Trinajstić information content (AvgIpc) is 2.92. The standard InChI is InChI=1S/C27H26N4O3S/c1-34-22-13-11-21(12-14-22)31-26(33)23-9-5-6-10-24(23)28-27(31)35-19-25(32)30-17-15-29(16-18-30)20-7-3-2-4-8-20/h2-14H,15-19H2,1H3. The molecule has 0 spiro atoms. The van der Waals surface area contributed by atoms with E-state index in [1.807, 2.05) is 65.6 Å². The largest absolute Gasteiger partial charge is 0.497 e. The number of methoxy groups -OCH3 is 1. The molecule has 4 aromatic rings. The fourth-order valence-corrected chi connectivity index (χ4v) is 5.15. The molecule has 0 bridgehead atoms. The number of hydrogen-bond acceptors (Lipinski definition) is 6. The van der Waals surface area contributed by atoms with Gasteiger partial charge in [-0.1, -0.05) is 42.1 Å². The molecule has 1 saturated heterocycles. The van der Waals surface area contributed by atoms with Crippen LogP contribution in [0, 0.1) is 0 Å². The fraction of sp³-hybridized carbons (Fsp3) is 0.222. The Balaban J connectivity index is 1.35. The van der Waals surface area contributed by atoms with Gasteiger partial charge in [-0.3, -0.25) is 14.2 Å². The van der Waals surface area contributed by atoms with Crippen molar-refractivity contribution in [2.75, 3.05) is 43.9 Å². The lowest BCUT2D eigenvalue weighted by Gasteiger charge is -2.36. The smallest absolute Gasteiger partial charge is 0.266 e. The summed E-state index contributed by atoms with van der Waals surface area (Å²) in [5, 5.41) is 1.03. The molecule has 7 nitrogen and oxygen atoms in total. The van der Waals surface area contributed by atoms with Crippen molar-refractivity contribution in [3.05, 3.63) is 89.2 Å². The number of carbonyl (C=O) groups excluding carboxylic acids is 1. The first-order chi connectivity index (χ1) is 17.1. The van der Waals surface area contributed by atoms with E-state index in [4.69, 9.17) is 9.72 Å². The van der Waals surface area contributed by atoms with Gasteiger partial charge in [-0.15, -0.1) is 0 Å². The third-order valence-electron chi connectivity index (χ3n) is 6.15. The number of ether oxygens (including phenoxy) is 1. The SMILES string of the molecule is COc1ccc(-n2c(SCC(=O)N3CCN(c4ccccc4)CC3)nc3ccccc3c2=O)cc1. The van der Waals surface area contributed by atoms with Gasteiger partial charge >= 0.3 is 0 Å². The highest BCUT2D eigenvalue weighted by Gasteiger charge is 2.22. The number of amides is 1. The van der Waals surface area contributed by atoms with Gasteiger partial charge in [-0.05, 0) is 48.5 Å². The number of benzene rings is 3. The van der Waals surface area contributed by atoms with Crippen molar-refractivity contribution >= 4 is 34.3 Å². The molecule has 0 radical (unpaired) electrons. The Labute approximate surface area is 208 Å². The van der Waals surface area contributed by atoms with Gasteiger partial charge in [-0.2, -0.15) is 0 Å². The zero-order valence-corrected chi connectivity index (χ0v) is 20.3. The molecule has 1 aliphatic heterocycles. The van der Waals surface area contributed by atoms with Crippen molar-refractivity contribution in [2.45, 2.75) is 5.16 Å². The minimum atomic E-state index is -0.160. The van der Waals surface area contributed by atoms with E-state index in [1.165, 1.54) is 17.4 Å². The highest BCUT2D eigenvalue weighted by Crippen LogP contribution is 2.24. The molecule has 1 aliphatic rings. The fourth-order valence-electron chi connectivity index (χ4n) is 4.24. The maximum atomic E-state index is 13.4. The second-order valence-electron chi connectivity index (χ2n) is 8.24. The Morgan fingerprint density at radius 2 is 1.57 bits per heavy atom. The van der Waals surface area contributed by atoms with Gasteiger partial charge in [0.05, 0.1) is 29.5 Å². The van der Waals surface area contributed by atoms with Crippen LogP contribution < -0.4 is 15.2 Å². The number of anilines is 1. The molecule has 0 unspecified atom stereocenters. The van der Waals surface area contributed by atoms with Crippen LogP contribution in [0.4, 0.5) is 5.69 Å². The van der Waals surface area contributed by atoms with Gasteiger partial charge in [-0.25, -0.2) is 4.98 Å². The van der Waals surface area contributed by atoms with Crippen LogP contribution >= 0.6 is 11.8 Å². The van der Waals surface area contributed by atoms with Crippen molar-refractivity contribution in [3.63, 3.8) is 0 Å². The summed E-state index contributed by atoms with van der Waals surface area (Å²) in [6, 6.07) is 24.8. The van der Waals surface area contributed by atoms with Gasteiger partial charge in [0.15, 0.2) is 5.16 Å². The average molecular weight is 487 g/mol. The lowest BCUT2D eigenvalue weighted by Crippen LogP contribution is -2.49. The first-order valence-corrected chi connectivity index (χ1v) is 12.5. The maximum absolute atomic E-state index is 13.4. The lowest BCUT2D eigenvalue weighted by atomic mass is 10.2. The molecule has 1 amide bonds. The van der Waals surface area contributed by atoms with E-state index in [9.17, 15) is 9.59 Å². The number of nitrogens with zero attached hydrogens (tertiary/aromatic N) is 4. The summed E-state index contributed by atoms with van der Waals surface area (Å²) in [6.45, 7) is 2.94. The zero-order chi connectivity index (χ0) is 24.2. The van der Waals surface area contributed by atoms with Gasteiger partial charge in [0.2, 0.25) is 5.91 Å². The Kier molecular flexibility index (Phi) is 6.72.